The minimum absolute atomic E-state index is 0.532. The molecule has 1 amide bonds. The molecule has 1 aromatic heterocycles. The number of hydrogen-bond donors (Lipinski definition) is 2. The zero-order chi connectivity index (χ0) is 29.3. The van der Waals surface area contributed by atoms with Crippen molar-refractivity contribution in [3.63, 3.8) is 0 Å². The van der Waals surface area contributed by atoms with Crippen LogP contribution in [0.3, 0.4) is 0 Å². The van der Waals surface area contributed by atoms with Gasteiger partial charge in [0.05, 0.1) is 16.0 Å². The van der Waals surface area contributed by atoms with Crippen molar-refractivity contribution in [3.8, 4) is 32.8 Å². The number of halogens is 1. The van der Waals surface area contributed by atoms with E-state index in [1.807, 2.05) is 97.1 Å². The van der Waals surface area contributed by atoms with E-state index in [-0.39, 0.29) is 0 Å². The lowest BCUT2D eigenvalue weighted by molar-refractivity contribution is -0.140. The number of rotatable bonds is 8. The highest BCUT2D eigenvalue weighted by Gasteiger charge is 2.51. The number of carbonyl (C=O) groups excluding carboxylic acids is 1. The van der Waals surface area contributed by atoms with Crippen molar-refractivity contribution in [2.24, 2.45) is 0 Å². The predicted octanol–water partition coefficient (Wildman–Crippen LogP) is 9.22. The number of carbonyl (C=O) groups is 2. The van der Waals surface area contributed by atoms with Crippen molar-refractivity contribution in [1.29, 1.82) is 0 Å². The van der Waals surface area contributed by atoms with Gasteiger partial charge in [0.2, 0.25) is 0 Å². The molecule has 1 atom stereocenters. The molecule has 6 nitrogen and oxygen atoms in total. The Morgan fingerprint density at radius 1 is 0.857 bits per heavy atom. The Morgan fingerprint density at radius 3 is 2.07 bits per heavy atom. The lowest BCUT2D eigenvalue weighted by Gasteiger charge is -2.16. The van der Waals surface area contributed by atoms with Gasteiger partial charge in [-0.3, -0.25) is 10.1 Å². The molecule has 1 saturated carbocycles. The zero-order valence-corrected chi connectivity index (χ0v) is 24.3. The van der Waals surface area contributed by atoms with Gasteiger partial charge in [-0.1, -0.05) is 109 Å². The van der Waals surface area contributed by atoms with E-state index in [9.17, 15) is 14.7 Å². The third-order valence-electron chi connectivity index (χ3n) is 7.67. The smallest absolute Gasteiger partial charge is 0.412 e. The van der Waals surface area contributed by atoms with E-state index in [4.69, 9.17) is 20.7 Å². The maximum Gasteiger partial charge on any atom is 0.412 e. The molecule has 0 radical (unpaired) electrons. The number of aliphatic carboxylic acids is 1. The third kappa shape index (κ3) is 5.41. The van der Waals surface area contributed by atoms with E-state index in [1.165, 1.54) is 11.5 Å². The topological polar surface area (TPSA) is 88.5 Å². The number of amides is 1. The van der Waals surface area contributed by atoms with Crippen molar-refractivity contribution in [1.82, 2.24) is 4.37 Å². The predicted molar refractivity (Wildman–Crippen MR) is 167 cm³/mol. The van der Waals surface area contributed by atoms with Crippen molar-refractivity contribution in [2.75, 3.05) is 5.32 Å². The molecule has 1 aliphatic rings. The minimum atomic E-state index is -0.759. The molecule has 6 rings (SSSR count). The van der Waals surface area contributed by atoms with E-state index in [0.717, 1.165) is 38.3 Å². The molecule has 4 aromatic carbocycles. The Bertz CT molecular complexity index is 1750. The second kappa shape index (κ2) is 11.4. The molecule has 8 heteroatoms. The van der Waals surface area contributed by atoms with Crippen LogP contribution in [0.15, 0.2) is 103 Å². The van der Waals surface area contributed by atoms with Gasteiger partial charge >= 0.3 is 12.1 Å². The van der Waals surface area contributed by atoms with Crippen LogP contribution in [-0.2, 0) is 14.9 Å². The highest BCUT2D eigenvalue weighted by Crippen LogP contribution is 2.48. The van der Waals surface area contributed by atoms with Crippen LogP contribution in [0.2, 0.25) is 5.02 Å². The summed E-state index contributed by atoms with van der Waals surface area (Å²) < 4.78 is 10.4. The largest absolute Gasteiger partial charge is 0.481 e. The molecule has 1 heterocycles. The van der Waals surface area contributed by atoms with Crippen molar-refractivity contribution < 1.29 is 19.4 Å². The van der Waals surface area contributed by atoms with Gasteiger partial charge in [-0.15, -0.1) is 0 Å². The number of aromatic nitrogens is 1. The molecule has 0 saturated heterocycles. The maximum absolute atomic E-state index is 13.1. The molecule has 1 aliphatic carbocycles. The Morgan fingerprint density at radius 2 is 1.45 bits per heavy atom. The summed E-state index contributed by atoms with van der Waals surface area (Å²) in [6, 6.07) is 32.7. The summed E-state index contributed by atoms with van der Waals surface area (Å²) in [5.74, 6) is -0.759. The molecule has 0 bridgehead atoms. The van der Waals surface area contributed by atoms with Crippen LogP contribution >= 0.6 is 23.1 Å². The van der Waals surface area contributed by atoms with Gasteiger partial charge in [0.25, 0.3) is 0 Å². The van der Waals surface area contributed by atoms with E-state index in [2.05, 4.69) is 5.32 Å². The van der Waals surface area contributed by atoms with E-state index < -0.39 is 23.6 Å². The van der Waals surface area contributed by atoms with Gasteiger partial charge in [-0.05, 0) is 59.6 Å². The summed E-state index contributed by atoms with van der Waals surface area (Å²) in [4.78, 5) is 25.6. The second-order valence-electron chi connectivity index (χ2n) is 10.3. The average molecular weight is 595 g/mol. The Hall–Kier alpha value is -4.46. The first-order valence-corrected chi connectivity index (χ1v) is 14.7. The summed E-state index contributed by atoms with van der Waals surface area (Å²) >= 11 is 7.61. The van der Waals surface area contributed by atoms with Crippen LogP contribution in [-0.4, -0.2) is 21.5 Å². The van der Waals surface area contributed by atoms with Crippen molar-refractivity contribution in [2.45, 2.75) is 31.3 Å². The van der Waals surface area contributed by atoms with Crippen molar-refractivity contribution >= 4 is 40.9 Å². The zero-order valence-electron chi connectivity index (χ0n) is 22.7. The summed E-state index contributed by atoms with van der Waals surface area (Å²) in [5.41, 5.74) is 5.85. The molecule has 0 spiro atoms. The SMILES string of the molecule is CC(OC(=O)Nc1c(-c2ccccc2)nsc1-c1ccc(-c2ccc(C3(C(=O)O)CC3)cc2)cc1)c1ccccc1Cl. The van der Waals surface area contributed by atoms with Gasteiger partial charge in [0.1, 0.15) is 11.8 Å². The maximum atomic E-state index is 13.1. The fourth-order valence-corrected chi connectivity index (χ4v) is 6.25. The Labute approximate surface area is 252 Å². The first-order chi connectivity index (χ1) is 20.4. The number of benzene rings is 4. The Balaban J connectivity index is 1.27. The molecule has 210 valence electrons. The first kappa shape index (κ1) is 27.7. The van der Waals surface area contributed by atoms with Gasteiger partial charge < -0.3 is 9.84 Å². The molecular weight excluding hydrogens is 568 g/mol. The molecule has 0 aliphatic heterocycles. The number of hydrogen-bond acceptors (Lipinski definition) is 5. The van der Waals surface area contributed by atoms with Gasteiger partial charge in [0.15, 0.2) is 0 Å². The molecule has 42 heavy (non-hydrogen) atoms. The lowest BCUT2D eigenvalue weighted by atomic mass is 9.93. The number of carboxylic acid groups (broad SMARTS) is 1. The minimum Gasteiger partial charge on any atom is -0.481 e. The quantitative estimate of drug-likeness (QED) is 0.187. The molecule has 1 unspecified atom stereocenters. The van der Waals surface area contributed by atoms with E-state index in [0.29, 0.717) is 29.2 Å². The van der Waals surface area contributed by atoms with Crippen LogP contribution in [0.4, 0.5) is 10.5 Å². The molecule has 5 aromatic rings. The van der Waals surface area contributed by atoms with E-state index in [1.54, 1.807) is 13.0 Å². The lowest BCUT2D eigenvalue weighted by Crippen LogP contribution is -2.19. The Kier molecular flexibility index (Phi) is 7.54. The number of nitrogens with one attached hydrogen (secondary N) is 1. The number of ether oxygens (including phenoxy) is 1. The molecular formula is C34H27ClN2O4S. The van der Waals surface area contributed by atoms with Gasteiger partial charge in [0, 0.05) is 16.1 Å². The standard InChI is InChI=1S/C34H27ClN2O4S/c1-21(27-9-5-6-10-28(27)35)41-33(40)36-30-29(24-7-3-2-4-8-24)37-42-31(30)25-13-11-22(12-14-25)23-15-17-26(18-16-23)34(19-20-34)32(38)39/h2-18,21H,19-20H2,1H3,(H,36,40)(H,38,39). The summed E-state index contributed by atoms with van der Waals surface area (Å²) in [5, 5.41) is 13.1. The highest BCUT2D eigenvalue weighted by atomic mass is 35.5. The molecule has 1 fully saturated rings. The molecule has 2 N–H and O–H groups in total. The van der Waals surface area contributed by atoms with Crippen LogP contribution in [0.25, 0.3) is 32.8 Å². The number of anilines is 1. The number of carboxylic acids is 1. The monoisotopic (exact) mass is 594 g/mol. The van der Waals surface area contributed by atoms with Crippen LogP contribution in [0, 0.1) is 0 Å². The van der Waals surface area contributed by atoms with Crippen LogP contribution in [0.5, 0.6) is 0 Å². The normalized spacial score (nSPS) is 14.1. The summed E-state index contributed by atoms with van der Waals surface area (Å²) in [6.45, 7) is 1.78. The number of nitrogens with zero attached hydrogens (tertiary/aromatic N) is 1. The first-order valence-electron chi connectivity index (χ1n) is 13.6. The van der Waals surface area contributed by atoms with Gasteiger partial charge in [-0.2, -0.15) is 4.37 Å². The van der Waals surface area contributed by atoms with Crippen LogP contribution in [0.1, 0.15) is 37.0 Å². The average Bonchev–Trinajstić information content (AvgIpc) is 3.73. The van der Waals surface area contributed by atoms with Gasteiger partial charge in [-0.25, -0.2) is 4.79 Å². The fraction of sp³-hybridized carbons (Fsp3) is 0.147. The summed E-state index contributed by atoms with van der Waals surface area (Å²) in [6.07, 6.45) is 0.204. The second-order valence-corrected chi connectivity index (χ2v) is 11.5. The van der Waals surface area contributed by atoms with Crippen LogP contribution < -0.4 is 5.32 Å². The summed E-state index contributed by atoms with van der Waals surface area (Å²) in [7, 11) is 0. The fourth-order valence-electron chi connectivity index (χ4n) is 5.10. The van der Waals surface area contributed by atoms with Crippen molar-refractivity contribution in [3.05, 3.63) is 119 Å². The highest BCUT2D eigenvalue weighted by molar-refractivity contribution is 7.10. The third-order valence-corrected chi connectivity index (χ3v) is 8.91. The van der Waals surface area contributed by atoms with E-state index >= 15 is 0 Å².